The highest BCUT2D eigenvalue weighted by Gasteiger charge is 2.29. The van der Waals surface area contributed by atoms with E-state index in [1.54, 1.807) is 6.92 Å². The molecule has 1 atom stereocenters. The fraction of sp³-hybridized carbons (Fsp3) is 0.692. The fourth-order valence-corrected chi connectivity index (χ4v) is 4.39. The van der Waals surface area contributed by atoms with Gasteiger partial charge in [0, 0.05) is 34.5 Å². The highest BCUT2D eigenvalue weighted by atomic mass is 32.2. The summed E-state index contributed by atoms with van der Waals surface area (Å²) in [6.45, 7) is 7.70. The largest absolute Gasteiger partial charge is 0.388 e. The Balaban J connectivity index is 2.29. The molecule has 0 amide bonds. The Morgan fingerprint density at radius 3 is 2.80 bits per heavy atom. The molecule has 112 valence electrons. The van der Waals surface area contributed by atoms with Gasteiger partial charge in [-0.15, -0.1) is 11.3 Å². The minimum atomic E-state index is -0.662. The Hall–Kier alpha value is -0.790. The van der Waals surface area contributed by atoms with Crippen LogP contribution in [0.15, 0.2) is 6.07 Å². The lowest BCUT2D eigenvalue weighted by molar-refractivity contribution is -0.383. The van der Waals surface area contributed by atoms with Gasteiger partial charge in [-0.05, 0) is 13.3 Å². The summed E-state index contributed by atoms with van der Waals surface area (Å²) in [5, 5.41) is 21.5. The van der Waals surface area contributed by atoms with Crippen molar-refractivity contribution in [2.75, 3.05) is 23.7 Å². The number of nitrogens with zero attached hydrogens (tertiary/aromatic N) is 2. The lowest BCUT2D eigenvalue weighted by atomic mass is 10.1. The molecule has 1 aromatic rings. The van der Waals surface area contributed by atoms with E-state index in [9.17, 15) is 15.2 Å². The number of hydrogen-bond donors (Lipinski definition) is 1. The van der Waals surface area contributed by atoms with Gasteiger partial charge in [-0.3, -0.25) is 10.1 Å². The summed E-state index contributed by atoms with van der Waals surface area (Å²) < 4.78 is 0.216. The van der Waals surface area contributed by atoms with Crippen molar-refractivity contribution in [3.8, 4) is 0 Å². The van der Waals surface area contributed by atoms with E-state index in [1.807, 2.05) is 11.8 Å². The van der Waals surface area contributed by atoms with Crippen molar-refractivity contribution < 1.29 is 10.0 Å². The predicted octanol–water partition coefficient (Wildman–Crippen LogP) is 3.43. The van der Waals surface area contributed by atoms with Gasteiger partial charge in [0.25, 0.3) is 0 Å². The topological polar surface area (TPSA) is 66.6 Å². The quantitative estimate of drug-likeness (QED) is 0.683. The summed E-state index contributed by atoms with van der Waals surface area (Å²) in [5.41, 5.74) is 0.121. The molecule has 0 aromatic carbocycles. The molecule has 0 radical (unpaired) electrons. The van der Waals surface area contributed by atoms with E-state index >= 15 is 0 Å². The van der Waals surface area contributed by atoms with E-state index in [2.05, 4.69) is 18.7 Å². The average molecular weight is 316 g/mol. The minimum absolute atomic E-state index is 0.121. The number of rotatable bonds is 3. The normalized spacial score (nSPS) is 20.5. The first-order chi connectivity index (χ1) is 9.30. The van der Waals surface area contributed by atoms with Crippen LogP contribution in [0.1, 0.15) is 38.2 Å². The monoisotopic (exact) mass is 316 g/mol. The Morgan fingerprint density at radius 2 is 2.20 bits per heavy atom. The summed E-state index contributed by atoms with van der Waals surface area (Å²) in [6, 6.07) is 1.51. The van der Waals surface area contributed by atoms with Gasteiger partial charge in [0.1, 0.15) is 0 Å². The van der Waals surface area contributed by atoms with Crippen molar-refractivity contribution in [1.82, 2.24) is 0 Å². The van der Waals surface area contributed by atoms with Crippen molar-refractivity contribution in [1.29, 1.82) is 0 Å². The molecule has 1 aliphatic heterocycles. The molecule has 20 heavy (non-hydrogen) atoms. The molecule has 1 fully saturated rings. The van der Waals surface area contributed by atoms with Gasteiger partial charge < -0.3 is 10.0 Å². The maximum absolute atomic E-state index is 11.2. The Bertz CT molecular complexity index is 500. The van der Waals surface area contributed by atoms with Crippen LogP contribution in [0.3, 0.4) is 0 Å². The molecular formula is C13H20N2O3S2. The van der Waals surface area contributed by atoms with E-state index in [0.717, 1.165) is 25.3 Å². The highest BCUT2D eigenvalue weighted by Crippen LogP contribution is 2.42. The van der Waals surface area contributed by atoms with Crippen LogP contribution in [0, 0.1) is 10.1 Å². The fourth-order valence-electron chi connectivity index (χ4n) is 2.18. The van der Waals surface area contributed by atoms with E-state index < -0.39 is 6.10 Å². The van der Waals surface area contributed by atoms with Crippen LogP contribution >= 0.6 is 23.1 Å². The second kappa shape index (κ2) is 5.91. The van der Waals surface area contributed by atoms with Crippen molar-refractivity contribution >= 4 is 33.8 Å². The Morgan fingerprint density at radius 1 is 1.50 bits per heavy atom. The van der Waals surface area contributed by atoms with Crippen LogP contribution in [0.4, 0.5) is 10.7 Å². The van der Waals surface area contributed by atoms with Crippen molar-refractivity contribution in [2.45, 2.75) is 38.0 Å². The zero-order chi connectivity index (χ0) is 14.9. The molecule has 1 N–H and O–H groups in total. The zero-order valence-electron chi connectivity index (χ0n) is 12.0. The van der Waals surface area contributed by atoms with Crippen LogP contribution in [-0.2, 0) is 0 Å². The molecule has 1 saturated heterocycles. The molecule has 0 spiro atoms. The maximum Gasteiger partial charge on any atom is 0.304 e. The first-order valence-corrected chi connectivity index (χ1v) is 8.45. The van der Waals surface area contributed by atoms with Crippen molar-refractivity contribution in [3.63, 3.8) is 0 Å². The molecule has 5 nitrogen and oxygen atoms in total. The van der Waals surface area contributed by atoms with Gasteiger partial charge in [0.05, 0.1) is 11.0 Å². The molecule has 0 saturated carbocycles. The Kier molecular flexibility index (Phi) is 4.61. The number of aliphatic hydroxyl groups is 1. The average Bonchev–Trinajstić information content (AvgIpc) is 2.71. The number of nitro groups is 1. The predicted molar refractivity (Wildman–Crippen MR) is 85.0 cm³/mol. The van der Waals surface area contributed by atoms with E-state index in [1.165, 1.54) is 17.4 Å². The van der Waals surface area contributed by atoms with E-state index in [0.29, 0.717) is 9.88 Å². The molecule has 0 bridgehead atoms. The first kappa shape index (κ1) is 15.6. The number of thiophene rings is 1. The third kappa shape index (κ3) is 3.45. The molecule has 0 unspecified atom stereocenters. The number of anilines is 1. The van der Waals surface area contributed by atoms with Crippen molar-refractivity contribution in [3.05, 3.63) is 21.1 Å². The zero-order valence-corrected chi connectivity index (χ0v) is 13.6. The van der Waals surface area contributed by atoms with Gasteiger partial charge >= 0.3 is 5.69 Å². The van der Waals surface area contributed by atoms with Crippen molar-refractivity contribution in [2.24, 2.45) is 0 Å². The number of thioether (sulfide) groups is 1. The Labute approximate surface area is 127 Å². The summed E-state index contributed by atoms with van der Waals surface area (Å²) in [4.78, 5) is 13.6. The molecule has 2 heterocycles. The van der Waals surface area contributed by atoms with Gasteiger partial charge in [-0.25, -0.2) is 0 Å². The second-order valence-corrected chi connectivity index (χ2v) is 8.48. The number of hydrogen-bond acceptors (Lipinski definition) is 6. The highest BCUT2D eigenvalue weighted by molar-refractivity contribution is 8.00. The van der Waals surface area contributed by atoms with Gasteiger partial charge in [-0.1, -0.05) is 13.8 Å². The maximum atomic E-state index is 11.2. The second-order valence-electron chi connectivity index (χ2n) is 5.62. The standard InChI is InChI=1S/C13H20N2O3S2/c1-9(16)11-8-10(15(17)18)12(20-11)14-5-4-13(2,3)19-7-6-14/h8-9,16H,4-7H2,1-3H3/t9-/m0/s1. The molecule has 1 aliphatic rings. The minimum Gasteiger partial charge on any atom is -0.388 e. The van der Waals surface area contributed by atoms with Crippen LogP contribution in [-0.4, -0.2) is 33.6 Å². The van der Waals surface area contributed by atoms with E-state index in [4.69, 9.17) is 0 Å². The molecular weight excluding hydrogens is 296 g/mol. The third-order valence-corrected chi connectivity index (χ3v) is 6.17. The summed E-state index contributed by atoms with van der Waals surface area (Å²) in [6.07, 6.45) is 0.335. The molecule has 1 aromatic heterocycles. The lowest BCUT2D eigenvalue weighted by Gasteiger charge is -2.22. The number of aliphatic hydroxyl groups excluding tert-OH is 1. The van der Waals surface area contributed by atoms with Crippen LogP contribution in [0.25, 0.3) is 0 Å². The summed E-state index contributed by atoms with van der Waals surface area (Å²) in [5.74, 6) is 0.964. The summed E-state index contributed by atoms with van der Waals surface area (Å²) >= 11 is 3.25. The van der Waals surface area contributed by atoms with Crippen LogP contribution in [0.5, 0.6) is 0 Å². The third-order valence-electron chi connectivity index (χ3n) is 3.45. The molecule has 2 rings (SSSR count). The first-order valence-electron chi connectivity index (χ1n) is 6.65. The molecule has 0 aliphatic carbocycles. The van der Waals surface area contributed by atoms with E-state index in [-0.39, 0.29) is 15.4 Å². The SMILES string of the molecule is C[C@H](O)c1cc([N+](=O)[O-])c(N2CCSC(C)(C)CC2)s1. The van der Waals surface area contributed by atoms with Gasteiger partial charge in [0.2, 0.25) is 0 Å². The van der Waals surface area contributed by atoms with Gasteiger partial charge in [-0.2, -0.15) is 11.8 Å². The smallest absolute Gasteiger partial charge is 0.304 e. The van der Waals surface area contributed by atoms with Crippen LogP contribution < -0.4 is 4.90 Å². The van der Waals surface area contributed by atoms with Crippen LogP contribution in [0.2, 0.25) is 0 Å². The lowest BCUT2D eigenvalue weighted by Crippen LogP contribution is -2.26. The van der Waals surface area contributed by atoms with Gasteiger partial charge in [0.15, 0.2) is 5.00 Å². The molecule has 7 heteroatoms. The summed E-state index contributed by atoms with van der Waals surface area (Å²) in [7, 11) is 0.